The zero-order valence-electron chi connectivity index (χ0n) is 16.6. The molecule has 1 aromatic carbocycles. The predicted molar refractivity (Wildman–Crippen MR) is 105 cm³/mol. The molecule has 0 saturated carbocycles. The molecule has 4 rings (SSSR count). The molecule has 3 heterocycles. The van der Waals surface area contributed by atoms with Gasteiger partial charge in [0.25, 0.3) is 0 Å². The second-order valence-corrected chi connectivity index (χ2v) is 7.75. The molecular formula is C21H27FN4O3. The number of nitrogens with one attached hydrogen (secondary N) is 1. The summed E-state index contributed by atoms with van der Waals surface area (Å²) in [6, 6.07) is 6.16. The summed E-state index contributed by atoms with van der Waals surface area (Å²) in [6.07, 6.45) is 3.61. The molecule has 2 aromatic rings. The highest BCUT2D eigenvalue weighted by molar-refractivity contribution is 5.78. The molecule has 1 N–H and O–H groups in total. The van der Waals surface area contributed by atoms with Crippen molar-refractivity contribution in [2.24, 2.45) is 0 Å². The zero-order valence-corrected chi connectivity index (χ0v) is 16.6. The molecule has 2 saturated heterocycles. The van der Waals surface area contributed by atoms with Crippen LogP contribution in [0.15, 0.2) is 30.5 Å². The van der Waals surface area contributed by atoms with Gasteiger partial charge in [0, 0.05) is 37.6 Å². The van der Waals surface area contributed by atoms with E-state index in [1.165, 1.54) is 12.1 Å². The number of amides is 1. The zero-order chi connectivity index (χ0) is 20.2. The largest absolute Gasteiger partial charge is 0.491 e. The monoisotopic (exact) mass is 402 g/mol. The van der Waals surface area contributed by atoms with Crippen molar-refractivity contribution in [1.29, 1.82) is 0 Å². The molecule has 156 valence electrons. The summed E-state index contributed by atoms with van der Waals surface area (Å²) in [5, 5.41) is 0. The van der Waals surface area contributed by atoms with Crippen LogP contribution >= 0.6 is 0 Å². The van der Waals surface area contributed by atoms with Gasteiger partial charge < -0.3 is 19.4 Å². The van der Waals surface area contributed by atoms with Gasteiger partial charge in [-0.2, -0.15) is 0 Å². The van der Waals surface area contributed by atoms with Gasteiger partial charge in [0.2, 0.25) is 5.91 Å². The fourth-order valence-electron chi connectivity index (χ4n) is 4.00. The first kappa shape index (κ1) is 19.8. The lowest BCUT2D eigenvalue weighted by Crippen LogP contribution is -2.55. The van der Waals surface area contributed by atoms with Crippen LogP contribution in [0.4, 0.5) is 4.39 Å². The number of hydrogen-bond acceptors (Lipinski definition) is 5. The number of H-pyrrole nitrogens is 1. The molecule has 0 unspecified atom stereocenters. The highest BCUT2D eigenvalue weighted by atomic mass is 19.1. The van der Waals surface area contributed by atoms with Gasteiger partial charge in [0.15, 0.2) is 0 Å². The van der Waals surface area contributed by atoms with Crippen LogP contribution in [-0.2, 0) is 16.1 Å². The van der Waals surface area contributed by atoms with Crippen LogP contribution in [0, 0.1) is 12.7 Å². The van der Waals surface area contributed by atoms with Crippen LogP contribution < -0.4 is 4.74 Å². The minimum atomic E-state index is -0.294. The van der Waals surface area contributed by atoms with E-state index in [4.69, 9.17) is 9.47 Å². The average Bonchev–Trinajstić information content (AvgIpc) is 3.14. The van der Waals surface area contributed by atoms with Crippen molar-refractivity contribution in [2.75, 3.05) is 32.8 Å². The van der Waals surface area contributed by atoms with E-state index >= 15 is 0 Å². The number of ether oxygens (including phenoxy) is 2. The number of aromatic amines is 1. The van der Waals surface area contributed by atoms with Gasteiger partial charge in [-0.25, -0.2) is 9.37 Å². The Morgan fingerprint density at radius 1 is 1.28 bits per heavy atom. The molecular weight excluding hydrogens is 375 g/mol. The predicted octanol–water partition coefficient (Wildman–Crippen LogP) is 2.13. The van der Waals surface area contributed by atoms with Crippen molar-refractivity contribution in [3.8, 4) is 5.75 Å². The third-order valence-corrected chi connectivity index (χ3v) is 5.56. The lowest BCUT2D eigenvalue weighted by atomic mass is 10.0. The Hall–Kier alpha value is -2.45. The minimum Gasteiger partial charge on any atom is -0.491 e. The molecule has 2 fully saturated rings. The van der Waals surface area contributed by atoms with E-state index in [-0.39, 0.29) is 30.5 Å². The maximum absolute atomic E-state index is 13.0. The Morgan fingerprint density at radius 2 is 2.03 bits per heavy atom. The number of carbonyl (C=O) groups excluding carboxylic acids is 1. The maximum Gasteiger partial charge on any atom is 0.248 e. The summed E-state index contributed by atoms with van der Waals surface area (Å²) in [7, 11) is 0. The third kappa shape index (κ3) is 5.13. The number of aromatic nitrogens is 2. The van der Waals surface area contributed by atoms with Gasteiger partial charge in [0.05, 0.1) is 6.54 Å². The number of nitrogens with zero attached hydrogens (tertiary/aromatic N) is 3. The van der Waals surface area contributed by atoms with E-state index in [1.54, 1.807) is 12.1 Å². The van der Waals surface area contributed by atoms with Gasteiger partial charge in [-0.15, -0.1) is 0 Å². The van der Waals surface area contributed by atoms with Crippen LogP contribution in [0.1, 0.15) is 24.4 Å². The summed E-state index contributed by atoms with van der Waals surface area (Å²) in [4.78, 5) is 24.3. The highest BCUT2D eigenvalue weighted by Crippen LogP contribution is 2.22. The van der Waals surface area contributed by atoms with Gasteiger partial charge in [-0.1, -0.05) is 0 Å². The number of benzene rings is 1. The van der Waals surface area contributed by atoms with Gasteiger partial charge in [-0.3, -0.25) is 9.69 Å². The number of hydrogen-bond donors (Lipinski definition) is 1. The van der Waals surface area contributed by atoms with E-state index < -0.39 is 0 Å². The van der Waals surface area contributed by atoms with Crippen molar-refractivity contribution in [2.45, 2.75) is 38.5 Å². The van der Waals surface area contributed by atoms with Crippen LogP contribution in [-0.4, -0.2) is 70.7 Å². The number of morpholine rings is 1. The molecule has 8 heteroatoms. The Bertz CT molecular complexity index is 818. The van der Waals surface area contributed by atoms with Crippen molar-refractivity contribution in [1.82, 2.24) is 19.8 Å². The first-order chi connectivity index (χ1) is 14.1. The van der Waals surface area contributed by atoms with Crippen LogP contribution in [0.25, 0.3) is 0 Å². The van der Waals surface area contributed by atoms with Crippen molar-refractivity contribution >= 4 is 5.91 Å². The molecule has 0 radical (unpaired) electrons. The second-order valence-electron chi connectivity index (χ2n) is 7.75. The van der Waals surface area contributed by atoms with E-state index in [9.17, 15) is 9.18 Å². The molecule has 29 heavy (non-hydrogen) atoms. The molecule has 1 amide bonds. The smallest absolute Gasteiger partial charge is 0.248 e. The van der Waals surface area contributed by atoms with Gasteiger partial charge >= 0.3 is 0 Å². The fraction of sp³-hybridized carbons (Fsp3) is 0.524. The highest BCUT2D eigenvalue weighted by Gasteiger charge is 2.33. The molecule has 0 bridgehead atoms. The molecule has 7 nitrogen and oxygen atoms in total. The number of rotatable bonds is 6. The average molecular weight is 402 g/mol. The maximum atomic E-state index is 13.0. The quantitative estimate of drug-likeness (QED) is 0.802. The molecule has 1 atom stereocenters. The molecule has 2 aliphatic heterocycles. The standard InChI is InChI=1S/C21H27FN4O3/c1-15-23-10-17(24-15)11-25-8-6-18(7-9-25)26-12-20(29-14-21(26)27)13-28-19-4-2-16(22)3-5-19/h2-5,10,18,20H,6-9,11-14H2,1H3,(H,23,24)/t20-/m1/s1. The first-order valence-corrected chi connectivity index (χ1v) is 10.1. The van der Waals surface area contributed by atoms with Crippen molar-refractivity contribution < 1.29 is 18.7 Å². The lowest BCUT2D eigenvalue weighted by Gasteiger charge is -2.42. The lowest BCUT2D eigenvalue weighted by molar-refractivity contribution is -0.155. The summed E-state index contributed by atoms with van der Waals surface area (Å²) in [5.74, 6) is 1.28. The van der Waals surface area contributed by atoms with E-state index in [0.29, 0.717) is 18.9 Å². The Kier molecular flexibility index (Phi) is 6.10. The molecule has 0 aliphatic carbocycles. The summed E-state index contributed by atoms with van der Waals surface area (Å²) in [5.41, 5.74) is 1.13. The van der Waals surface area contributed by atoms with Gasteiger partial charge in [-0.05, 0) is 44.0 Å². The van der Waals surface area contributed by atoms with E-state index in [1.807, 2.05) is 18.0 Å². The molecule has 0 spiro atoms. The number of aryl methyl sites for hydroxylation is 1. The molecule has 2 aliphatic rings. The third-order valence-electron chi connectivity index (χ3n) is 5.56. The fourth-order valence-corrected chi connectivity index (χ4v) is 4.00. The van der Waals surface area contributed by atoms with Crippen molar-refractivity contribution in [3.63, 3.8) is 0 Å². The summed E-state index contributed by atoms with van der Waals surface area (Å²) < 4.78 is 24.4. The SMILES string of the molecule is Cc1ncc(CN2CCC(N3C[C@H](COc4ccc(F)cc4)OCC3=O)CC2)[nH]1. The molecule has 1 aromatic heterocycles. The Labute approximate surface area is 169 Å². The number of likely N-dealkylation sites (tertiary alicyclic amines) is 1. The topological polar surface area (TPSA) is 70.7 Å². The van der Waals surface area contributed by atoms with Crippen LogP contribution in [0.5, 0.6) is 5.75 Å². The first-order valence-electron chi connectivity index (χ1n) is 10.1. The summed E-state index contributed by atoms with van der Waals surface area (Å²) in [6.45, 7) is 5.67. The van der Waals surface area contributed by atoms with E-state index in [0.717, 1.165) is 44.0 Å². The Morgan fingerprint density at radius 3 is 2.72 bits per heavy atom. The number of imidazole rings is 1. The second kappa shape index (κ2) is 8.92. The normalized spacial score (nSPS) is 21.5. The number of carbonyl (C=O) groups is 1. The van der Waals surface area contributed by atoms with Crippen LogP contribution in [0.2, 0.25) is 0 Å². The number of halogens is 1. The Balaban J connectivity index is 1.26. The number of piperidine rings is 1. The van der Waals surface area contributed by atoms with Gasteiger partial charge in [0.1, 0.15) is 36.7 Å². The summed E-state index contributed by atoms with van der Waals surface area (Å²) >= 11 is 0. The van der Waals surface area contributed by atoms with E-state index in [2.05, 4.69) is 14.9 Å². The van der Waals surface area contributed by atoms with Crippen LogP contribution in [0.3, 0.4) is 0 Å². The minimum absolute atomic E-state index is 0.0469. The van der Waals surface area contributed by atoms with Crippen molar-refractivity contribution in [3.05, 3.63) is 47.8 Å².